The molecule has 0 aliphatic carbocycles. The number of aromatic nitrogens is 2. The maximum Gasteiger partial charge on any atom is 0.149 e. The van der Waals surface area contributed by atoms with Gasteiger partial charge in [-0.3, -0.25) is 4.31 Å². The molecule has 0 aliphatic heterocycles. The molecule has 1 heterocycles. The van der Waals surface area contributed by atoms with E-state index in [4.69, 9.17) is 0 Å². The van der Waals surface area contributed by atoms with Gasteiger partial charge in [-0.2, -0.15) is 0 Å². The summed E-state index contributed by atoms with van der Waals surface area (Å²) in [6.45, 7) is 5.70. The van der Waals surface area contributed by atoms with Crippen LogP contribution in [0, 0.1) is 6.92 Å². The molecule has 1 aromatic rings. The van der Waals surface area contributed by atoms with Crippen LogP contribution in [0.5, 0.6) is 0 Å². The first-order valence-electron chi connectivity index (χ1n) is 3.67. The van der Waals surface area contributed by atoms with Crippen molar-refractivity contribution in [2.75, 3.05) is 11.4 Å². The van der Waals surface area contributed by atoms with Crippen molar-refractivity contribution in [2.45, 2.75) is 6.92 Å². The van der Waals surface area contributed by atoms with E-state index in [0.717, 1.165) is 17.1 Å². The Balaban J connectivity index is 3.19. The van der Waals surface area contributed by atoms with Gasteiger partial charge in [0.1, 0.15) is 12.1 Å². The van der Waals surface area contributed by atoms with Crippen LogP contribution in [0.3, 0.4) is 0 Å². The van der Waals surface area contributed by atoms with Crippen molar-refractivity contribution in [1.82, 2.24) is 9.97 Å². The van der Waals surface area contributed by atoms with Crippen LogP contribution in [0.1, 0.15) is 11.3 Å². The molecular weight excluding hydrogens is 297 g/mol. The molecule has 0 atom stereocenters. The van der Waals surface area contributed by atoms with Crippen molar-refractivity contribution in [1.29, 1.82) is 0 Å². The van der Waals surface area contributed by atoms with E-state index in [1.165, 1.54) is 0 Å². The first kappa shape index (κ1) is 10.8. The molecular formula is C8H10IN3S. The zero-order chi connectivity index (χ0) is 9.84. The molecule has 13 heavy (non-hydrogen) atoms. The minimum absolute atomic E-state index is 0.905. The van der Waals surface area contributed by atoms with Crippen LogP contribution in [-0.2, 0) is 0 Å². The summed E-state index contributed by atoms with van der Waals surface area (Å²) in [5.41, 5.74) is 1.95. The number of aryl methyl sites for hydroxylation is 1. The van der Waals surface area contributed by atoms with Gasteiger partial charge in [0.15, 0.2) is 0 Å². The number of rotatable bonds is 3. The van der Waals surface area contributed by atoms with Crippen molar-refractivity contribution < 1.29 is 0 Å². The highest BCUT2D eigenvalue weighted by Crippen LogP contribution is 2.27. The van der Waals surface area contributed by atoms with Gasteiger partial charge < -0.3 is 0 Å². The molecule has 0 N–H and O–H groups in total. The molecule has 0 saturated heterocycles. The summed E-state index contributed by atoms with van der Waals surface area (Å²) in [4.78, 5) is 8.31. The largest absolute Gasteiger partial charge is 0.294 e. The molecule has 0 aliphatic rings. The Bertz CT molecular complexity index is 316. The lowest BCUT2D eigenvalue weighted by molar-refractivity contribution is 1.07. The van der Waals surface area contributed by atoms with E-state index >= 15 is 0 Å². The topological polar surface area (TPSA) is 29.0 Å². The van der Waals surface area contributed by atoms with Gasteiger partial charge in [0.05, 0.1) is 5.69 Å². The standard InChI is InChI=1S/C8H10IN3S/c1-4-7-6(2)10-5-11-8(7)12(3)13-9/h4-5H,1H2,2-3H3. The SMILES string of the molecule is C=Cc1c(C)ncnc1N(C)SI. The molecule has 0 bridgehead atoms. The summed E-state index contributed by atoms with van der Waals surface area (Å²) in [6.07, 6.45) is 3.36. The highest BCUT2D eigenvalue weighted by Gasteiger charge is 2.08. The third-order valence-corrected chi connectivity index (χ3v) is 3.82. The van der Waals surface area contributed by atoms with E-state index in [2.05, 4.69) is 37.8 Å². The fourth-order valence-electron chi connectivity index (χ4n) is 0.994. The summed E-state index contributed by atoms with van der Waals surface area (Å²) < 4.78 is 1.98. The Labute approximate surface area is 94.4 Å². The fourth-order valence-corrected chi connectivity index (χ4v) is 1.76. The molecule has 3 nitrogen and oxygen atoms in total. The second kappa shape index (κ2) is 4.80. The lowest BCUT2D eigenvalue weighted by atomic mass is 10.2. The lowest BCUT2D eigenvalue weighted by Gasteiger charge is -2.15. The first-order chi connectivity index (χ1) is 6.20. The minimum Gasteiger partial charge on any atom is -0.294 e. The molecule has 5 heteroatoms. The van der Waals surface area contributed by atoms with Gasteiger partial charge in [-0.05, 0) is 6.92 Å². The van der Waals surface area contributed by atoms with Crippen LogP contribution in [0.4, 0.5) is 5.82 Å². The van der Waals surface area contributed by atoms with E-state index in [-0.39, 0.29) is 0 Å². The van der Waals surface area contributed by atoms with Crippen LogP contribution < -0.4 is 4.31 Å². The molecule has 0 spiro atoms. The van der Waals surface area contributed by atoms with E-state index in [9.17, 15) is 0 Å². The molecule has 0 unspecified atom stereocenters. The first-order valence-corrected chi connectivity index (χ1v) is 6.98. The highest BCUT2D eigenvalue weighted by atomic mass is 127. The van der Waals surface area contributed by atoms with Gasteiger partial charge in [-0.1, -0.05) is 12.7 Å². The molecule has 0 amide bonds. The van der Waals surface area contributed by atoms with Gasteiger partial charge in [0.25, 0.3) is 0 Å². The Morgan fingerprint density at radius 2 is 2.31 bits per heavy atom. The van der Waals surface area contributed by atoms with Crippen molar-refractivity contribution >= 4 is 42.2 Å². The molecule has 0 saturated carbocycles. The van der Waals surface area contributed by atoms with Crippen molar-refractivity contribution in [3.63, 3.8) is 0 Å². The van der Waals surface area contributed by atoms with E-state index in [1.807, 2.05) is 18.3 Å². The van der Waals surface area contributed by atoms with Crippen LogP contribution >= 0.6 is 30.3 Å². The maximum atomic E-state index is 4.20. The quantitative estimate of drug-likeness (QED) is 0.634. The zero-order valence-electron chi connectivity index (χ0n) is 7.49. The summed E-state index contributed by atoms with van der Waals surface area (Å²) in [5, 5.41) is 0. The van der Waals surface area contributed by atoms with Gasteiger partial charge in [-0.25, -0.2) is 9.97 Å². The summed E-state index contributed by atoms with van der Waals surface area (Å²) in [5.74, 6) is 0.905. The van der Waals surface area contributed by atoms with Crippen LogP contribution in [-0.4, -0.2) is 17.0 Å². The third kappa shape index (κ3) is 2.34. The number of nitrogens with zero attached hydrogens (tertiary/aromatic N) is 3. The Kier molecular flexibility index (Phi) is 3.98. The van der Waals surface area contributed by atoms with Gasteiger partial charge in [0.2, 0.25) is 0 Å². The van der Waals surface area contributed by atoms with E-state index in [1.54, 1.807) is 21.5 Å². The van der Waals surface area contributed by atoms with Gasteiger partial charge in [-0.15, -0.1) is 0 Å². The minimum atomic E-state index is 0.905. The molecule has 1 rings (SSSR count). The van der Waals surface area contributed by atoms with Gasteiger partial charge >= 0.3 is 0 Å². The van der Waals surface area contributed by atoms with Crippen molar-refractivity contribution in [3.8, 4) is 0 Å². The average molecular weight is 307 g/mol. The summed E-state index contributed by atoms with van der Waals surface area (Å²) in [6, 6.07) is 0. The van der Waals surface area contributed by atoms with E-state index < -0.39 is 0 Å². The zero-order valence-corrected chi connectivity index (χ0v) is 10.5. The molecule has 0 aromatic carbocycles. The lowest BCUT2D eigenvalue weighted by Crippen LogP contribution is -2.09. The van der Waals surface area contributed by atoms with Gasteiger partial charge in [0, 0.05) is 42.9 Å². The second-order valence-electron chi connectivity index (χ2n) is 2.47. The predicted molar refractivity (Wildman–Crippen MR) is 66.9 cm³/mol. The smallest absolute Gasteiger partial charge is 0.149 e. The molecule has 0 fully saturated rings. The highest BCUT2D eigenvalue weighted by molar-refractivity contribution is 14.2. The van der Waals surface area contributed by atoms with Crippen LogP contribution in [0.15, 0.2) is 12.9 Å². The number of anilines is 1. The van der Waals surface area contributed by atoms with Crippen molar-refractivity contribution in [2.24, 2.45) is 0 Å². The normalized spacial score (nSPS) is 9.77. The van der Waals surface area contributed by atoms with E-state index in [0.29, 0.717) is 0 Å². The second-order valence-corrected chi connectivity index (χ2v) is 4.33. The third-order valence-electron chi connectivity index (χ3n) is 1.67. The fraction of sp³-hybridized carbons (Fsp3) is 0.250. The summed E-state index contributed by atoms with van der Waals surface area (Å²) in [7, 11) is 3.55. The Morgan fingerprint density at radius 1 is 1.62 bits per heavy atom. The number of hydrogen-bond donors (Lipinski definition) is 0. The number of hydrogen-bond acceptors (Lipinski definition) is 4. The number of halogens is 1. The monoisotopic (exact) mass is 307 g/mol. The predicted octanol–water partition coefficient (Wildman–Crippen LogP) is 2.86. The van der Waals surface area contributed by atoms with Crippen LogP contribution in [0.2, 0.25) is 0 Å². The molecule has 1 aromatic heterocycles. The van der Waals surface area contributed by atoms with Crippen molar-refractivity contribution in [3.05, 3.63) is 24.2 Å². The Morgan fingerprint density at radius 3 is 2.85 bits per heavy atom. The molecule has 70 valence electrons. The Hall–Kier alpha value is -0.300. The van der Waals surface area contributed by atoms with Crippen LogP contribution in [0.25, 0.3) is 6.08 Å². The molecule has 0 radical (unpaired) electrons. The maximum absolute atomic E-state index is 4.20. The average Bonchev–Trinajstić information content (AvgIpc) is 2.16. The summed E-state index contributed by atoms with van der Waals surface area (Å²) >= 11 is 2.21.